The molecule has 0 saturated carbocycles. The van der Waals surface area contributed by atoms with E-state index in [2.05, 4.69) is 15.9 Å². The van der Waals surface area contributed by atoms with Gasteiger partial charge >= 0.3 is 0 Å². The molecule has 2 rings (SSSR count). The topological polar surface area (TPSA) is 60.8 Å². The Morgan fingerprint density at radius 2 is 1.78 bits per heavy atom. The monoisotopic (exact) mass is 311 g/mol. The Bertz CT molecular complexity index is 448. The number of hydrogen-bond acceptors (Lipinski definition) is 3. The number of aliphatic hydroxyl groups excluding tert-OH is 2. The van der Waals surface area contributed by atoms with Gasteiger partial charge in [-0.25, -0.2) is 0 Å². The van der Waals surface area contributed by atoms with Gasteiger partial charge in [0.05, 0.1) is 12.2 Å². The first kappa shape index (κ1) is 13.3. The van der Waals surface area contributed by atoms with Crippen LogP contribution < -0.4 is 0 Å². The van der Waals surface area contributed by atoms with Crippen molar-refractivity contribution in [2.45, 2.75) is 12.2 Å². The Kier molecular flexibility index (Phi) is 4.16. The Balaban J connectivity index is 1.97. The molecule has 0 spiro atoms. The molecule has 1 heterocycles. The zero-order valence-electron chi connectivity index (χ0n) is 9.66. The summed E-state index contributed by atoms with van der Waals surface area (Å²) in [4.78, 5) is 13.2. The maximum absolute atomic E-state index is 11.8. The van der Waals surface area contributed by atoms with E-state index in [0.29, 0.717) is 0 Å². The summed E-state index contributed by atoms with van der Waals surface area (Å²) in [6.45, 7) is 0.370. The number of carbonyl (C=O) groups excluding carboxylic acids is 1. The van der Waals surface area contributed by atoms with Crippen LogP contribution >= 0.6 is 15.9 Å². The third kappa shape index (κ3) is 3.19. The molecule has 0 unspecified atom stereocenters. The predicted molar refractivity (Wildman–Crippen MR) is 71.8 cm³/mol. The summed E-state index contributed by atoms with van der Waals surface area (Å²) >= 11 is 3.34. The Morgan fingerprint density at radius 1 is 1.22 bits per heavy atom. The van der Waals surface area contributed by atoms with Crippen LogP contribution in [-0.4, -0.2) is 46.3 Å². The highest BCUT2D eigenvalue weighted by Gasteiger charge is 2.31. The fourth-order valence-corrected chi connectivity index (χ4v) is 2.06. The number of carbonyl (C=O) groups is 1. The summed E-state index contributed by atoms with van der Waals surface area (Å²) in [6, 6.07) is 7.57. The lowest BCUT2D eigenvalue weighted by atomic mass is 10.2. The number of benzene rings is 1. The molecule has 2 atom stereocenters. The van der Waals surface area contributed by atoms with Gasteiger partial charge in [-0.05, 0) is 23.8 Å². The first-order chi connectivity index (χ1) is 8.56. The van der Waals surface area contributed by atoms with Crippen LogP contribution in [0, 0.1) is 0 Å². The van der Waals surface area contributed by atoms with Crippen molar-refractivity contribution < 1.29 is 15.0 Å². The Morgan fingerprint density at radius 3 is 2.33 bits per heavy atom. The number of nitrogens with zero attached hydrogens (tertiary/aromatic N) is 1. The fraction of sp³-hybridized carbons (Fsp3) is 0.308. The number of likely N-dealkylation sites (tertiary alicyclic amines) is 1. The van der Waals surface area contributed by atoms with Crippen LogP contribution in [0.3, 0.4) is 0 Å². The lowest BCUT2D eigenvalue weighted by molar-refractivity contribution is -0.125. The summed E-state index contributed by atoms with van der Waals surface area (Å²) in [5.74, 6) is -0.200. The van der Waals surface area contributed by atoms with Gasteiger partial charge in [0, 0.05) is 23.6 Å². The number of halogens is 1. The number of β-amino-alcohol motifs (C(OH)–C–C–N with tert-alkyl or cyclic N) is 2. The van der Waals surface area contributed by atoms with Crippen LogP contribution in [0.2, 0.25) is 0 Å². The number of hydrogen-bond donors (Lipinski definition) is 2. The highest BCUT2D eigenvalue weighted by molar-refractivity contribution is 9.10. The molecule has 1 aromatic rings. The zero-order valence-corrected chi connectivity index (χ0v) is 11.2. The van der Waals surface area contributed by atoms with E-state index in [4.69, 9.17) is 0 Å². The second-order valence-corrected chi connectivity index (χ2v) is 5.18. The normalized spacial score (nSPS) is 23.8. The summed E-state index contributed by atoms with van der Waals surface area (Å²) in [7, 11) is 0. The molecule has 1 fully saturated rings. The van der Waals surface area contributed by atoms with Crippen molar-refractivity contribution in [1.82, 2.24) is 4.90 Å². The minimum Gasteiger partial charge on any atom is -0.388 e. The molecule has 0 bridgehead atoms. The van der Waals surface area contributed by atoms with Crippen LogP contribution in [0.4, 0.5) is 0 Å². The first-order valence-corrected chi connectivity index (χ1v) is 6.44. The number of aliphatic hydroxyl groups is 2. The minimum absolute atomic E-state index is 0.185. The maximum Gasteiger partial charge on any atom is 0.246 e. The average molecular weight is 312 g/mol. The Labute approximate surface area is 114 Å². The summed E-state index contributed by atoms with van der Waals surface area (Å²) in [5, 5.41) is 18.7. The van der Waals surface area contributed by atoms with E-state index in [1.54, 1.807) is 6.08 Å². The molecule has 18 heavy (non-hydrogen) atoms. The van der Waals surface area contributed by atoms with Crippen molar-refractivity contribution in [3.05, 3.63) is 40.4 Å². The van der Waals surface area contributed by atoms with Gasteiger partial charge < -0.3 is 15.1 Å². The lowest BCUT2D eigenvalue weighted by Crippen LogP contribution is -2.27. The van der Waals surface area contributed by atoms with Crippen molar-refractivity contribution in [3.63, 3.8) is 0 Å². The van der Waals surface area contributed by atoms with E-state index in [9.17, 15) is 15.0 Å². The quantitative estimate of drug-likeness (QED) is 0.802. The van der Waals surface area contributed by atoms with Gasteiger partial charge in [-0.2, -0.15) is 0 Å². The van der Waals surface area contributed by atoms with E-state index in [1.165, 1.54) is 11.0 Å². The van der Waals surface area contributed by atoms with Crippen molar-refractivity contribution in [2.75, 3.05) is 13.1 Å². The smallest absolute Gasteiger partial charge is 0.246 e. The highest BCUT2D eigenvalue weighted by Crippen LogP contribution is 2.13. The van der Waals surface area contributed by atoms with Gasteiger partial charge in [0.25, 0.3) is 0 Å². The van der Waals surface area contributed by atoms with Crippen LogP contribution in [0.5, 0.6) is 0 Å². The van der Waals surface area contributed by atoms with Gasteiger partial charge in [0.15, 0.2) is 0 Å². The lowest BCUT2D eigenvalue weighted by Gasteiger charge is -2.11. The maximum atomic E-state index is 11.8. The Hall–Kier alpha value is -1.17. The molecule has 96 valence electrons. The van der Waals surface area contributed by atoms with Crippen LogP contribution in [0.25, 0.3) is 6.08 Å². The molecule has 4 nitrogen and oxygen atoms in total. The second-order valence-electron chi connectivity index (χ2n) is 4.26. The molecular weight excluding hydrogens is 298 g/mol. The third-order valence-corrected chi connectivity index (χ3v) is 3.39. The van der Waals surface area contributed by atoms with Crippen molar-refractivity contribution in [2.24, 2.45) is 0 Å². The van der Waals surface area contributed by atoms with E-state index in [-0.39, 0.29) is 19.0 Å². The summed E-state index contributed by atoms with van der Waals surface area (Å²) < 4.78 is 0.983. The fourth-order valence-electron chi connectivity index (χ4n) is 1.80. The van der Waals surface area contributed by atoms with Gasteiger partial charge in [0.1, 0.15) is 0 Å². The van der Waals surface area contributed by atoms with E-state index in [1.807, 2.05) is 24.3 Å². The summed E-state index contributed by atoms with van der Waals surface area (Å²) in [6.07, 6.45) is 1.49. The van der Waals surface area contributed by atoms with Crippen LogP contribution in [-0.2, 0) is 4.79 Å². The predicted octanol–water partition coefficient (Wildman–Crippen LogP) is 1.03. The van der Waals surface area contributed by atoms with E-state index >= 15 is 0 Å². The van der Waals surface area contributed by atoms with E-state index < -0.39 is 12.2 Å². The summed E-state index contributed by atoms with van der Waals surface area (Å²) in [5.41, 5.74) is 0.923. The molecule has 0 aliphatic carbocycles. The van der Waals surface area contributed by atoms with Crippen LogP contribution in [0.1, 0.15) is 5.56 Å². The zero-order chi connectivity index (χ0) is 13.1. The van der Waals surface area contributed by atoms with Crippen molar-refractivity contribution in [1.29, 1.82) is 0 Å². The minimum atomic E-state index is -0.838. The van der Waals surface area contributed by atoms with Gasteiger partial charge in [-0.3, -0.25) is 4.79 Å². The molecule has 1 aromatic carbocycles. The van der Waals surface area contributed by atoms with Gasteiger partial charge in [0.2, 0.25) is 5.91 Å². The van der Waals surface area contributed by atoms with Gasteiger partial charge in [-0.1, -0.05) is 28.1 Å². The first-order valence-electron chi connectivity index (χ1n) is 5.65. The molecule has 1 aliphatic heterocycles. The molecular formula is C13H14BrNO3. The SMILES string of the molecule is O=C(C=Cc1ccc(Br)cc1)N1C[C@@H](O)[C@@H](O)C1. The largest absolute Gasteiger partial charge is 0.388 e. The molecule has 1 saturated heterocycles. The highest BCUT2D eigenvalue weighted by atomic mass is 79.9. The van der Waals surface area contributed by atoms with Crippen LogP contribution in [0.15, 0.2) is 34.8 Å². The molecule has 5 heteroatoms. The molecule has 1 aliphatic rings. The second kappa shape index (κ2) is 5.65. The number of amides is 1. The molecule has 0 radical (unpaired) electrons. The van der Waals surface area contributed by atoms with E-state index in [0.717, 1.165) is 10.0 Å². The standard InChI is InChI=1S/C13H14BrNO3/c14-10-4-1-9(2-5-10)3-6-13(18)15-7-11(16)12(17)8-15/h1-6,11-12,16-17H,7-8H2/t11-,12+. The van der Waals surface area contributed by atoms with Crippen molar-refractivity contribution >= 4 is 27.9 Å². The third-order valence-electron chi connectivity index (χ3n) is 2.86. The molecule has 1 amide bonds. The van der Waals surface area contributed by atoms with Gasteiger partial charge in [-0.15, -0.1) is 0 Å². The molecule has 0 aromatic heterocycles. The number of rotatable bonds is 2. The average Bonchev–Trinajstić information content (AvgIpc) is 2.69. The molecule has 2 N–H and O–H groups in total. The van der Waals surface area contributed by atoms with Crippen molar-refractivity contribution in [3.8, 4) is 0 Å².